The molecule has 0 saturated carbocycles. The summed E-state index contributed by atoms with van der Waals surface area (Å²) in [5, 5.41) is 10.5. The van der Waals surface area contributed by atoms with Gasteiger partial charge in [0.2, 0.25) is 0 Å². The Morgan fingerprint density at radius 3 is 2.05 bits per heavy atom. The van der Waals surface area contributed by atoms with Gasteiger partial charge in [0, 0.05) is 11.8 Å². The quantitative estimate of drug-likeness (QED) is 0.763. The summed E-state index contributed by atoms with van der Waals surface area (Å²) >= 11 is 0. The van der Waals surface area contributed by atoms with E-state index in [2.05, 4.69) is 31.0 Å². The Balaban J connectivity index is 2.40. The Labute approximate surface area is 127 Å². The van der Waals surface area contributed by atoms with E-state index in [9.17, 15) is 5.11 Å². The van der Waals surface area contributed by atoms with Crippen LogP contribution in [-0.2, 0) is 12.8 Å². The number of aryl methyl sites for hydroxylation is 2. The van der Waals surface area contributed by atoms with Crippen molar-refractivity contribution in [3.63, 3.8) is 0 Å². The average molecular weight is 283 g/mol. The van der Waals surface area contributed by atoms with Gasteiger partial charge in [-0.05, 0) is 61.1 Å². The lowest BCUT2D eigenvalue weighted by molar-refractivity contribution is 0.458. The van der Waals surface area contributed by atoms with Crippen molar-refractivity contribution in [3.8, 4) is 17.0 Å². The molecule has 0 amide bonds. The third-order valence-corrected chi connectivity index (χ3v) is 3.83. The first kappa shape index (κ1) is 15.6. The predicted molar refractivity (Wildman–Crippen MR) is 88.6 cm³/mol. The number of pyridine rings is 1. The normalized spacial score (nSPS) is 10.8. The van der Waals surface area contributed by atoms with Crippen molar-refractivity contribution in [1.82, 2.24) is 4.98 Å². The summed E-state index contributed by atoms with van der Waals surface area (Å²) in [6.07, 6.45) is 8.16. The van der Waals surface area contributed by atoms with E-state index in [1.807, 2.05) is 24.4 Å². The molecule has 0 aliphatic carbocycles. The Kier molecular flexibility index (Phi) is 5.79. The van der Waals surface area contributed by atoms with E-state index in [0.29, 0.717) is 5.75 Å². The smallest absolute Gasteiger partial charge is 0.121 e. The van der Waals surface area contributed by atoms with E-state index >= 15 is 0 Å². The maximum absolute atomic E-state index is 10.5. The minimum atomic E-state index is 0.497. The van der Waals surface area contributed by atoms with Crippen LogP contribution in [0, 0.1) is 0 Å². The largest absolute Gasteiger partial charge is 0.507 e. The van der Waals surface area contributed by atoms with Gasteiger partial charge >= 0.3 is 0 Å². The highest BCUT2D eigenvalue weighted by atomic mass is 16.3. The molecule has 0 aliphatic heterocycles. The molecule has 2 rings (SSSR count). The van der Waals surface area contributed by atoms with E-state index in [1.54, 1.807) is 0 Å². The van der Waals surface area contributed by atoms with E-state index in [4.69, 9.17) is 0 Å². The molecule has 0 spiro atoms. The highest BCUT2D eigenvalue weighted by Gasteiger charge is 2.11. The molecule has 0 radical (unpaired) electrons. The molecule has 1 heterocycles. The molecule has 1 aromatic heterocycles. The second kappa shape index (κ2) is 7.82. The van der Waals surface area contributed by atoms with Gasteiger partial charge in [0.05, 0.1) is 5.69 Å². The summed E-state index contributed by atoms with van der Waals surface area (Å²) in [6, 6.07) is 10.2. The van der Waals surface area contributed by atoms with Crippen molar-refractivity contribution < 1.29 is 5.11 Å². The summed E-state index contributed by atoms with van der Waals surface area (Å²) < 4.78 is 0. The number of benzene rings is 1. The van der Waals surface area contributed by atoms with Crippen LogP contribution in [0.1, 0.15) is 50.7 Å². The number of hydrogen-bond acceptors (Lipinski definition) is 2. The first-order chi connectivity index (χ1) is 10.3. The summed E-state index contributed by atoms with van der Waals surface area (Å²) in [5.41, 5.74) is 4.22. The lowest BCUT2D eigenvalue weighted by Crippen LogP contribution is -1.95. The lowest BCUT2D eigenvalue weighted by Gasteiger charge is -2.13. The van der Waals surface area contributed by atoms with Crippen molar-refractivity contribution in [2.45, 2.75) is 52.4 Å². The first-order valence-electron chi connectivity index (χ1n) is 8.02. The summed E-state index contributed by atoms with van der Waals surface area (Å²) in [5.74, 6) is 0.497. The molecule has 112 valence electrons. The molecule has 0 aliphatic rings. The predicted octanol–water partition coefficient (Wildman–Crippen LogP) is 5.14. The summed E-state index contributed by atoms with van der Waals surface area (Å²) in [6.45, 7) is 4.36. The molecule has 0 unspecified atom stereocenters. The molecule has 0 fully saturated rings. The molecule has 21 heavy (non-hydrogen) atoms. The van der Waals surface area contributed by atoms with Crippen molar-refractivity contribution >= 4 is 0 Å². The summed E-state index contributed by atoms with van der Waals surface area (Å²) in [7, 11) is 0. The minimum Gasteiger partial charge on any atom is -0.507 e. The monoisotopic (exact) mass is 283 g/mol. The van der Waals surface area contributed by atoms with Crippen LogP contribution in [0.25, 0.3) is 11.3 Å². The van der Waals surface area contributed by atoms with Gasteiger partial charge in [-0.25, -0.2) is 0 Å². The zero-order chi connectivity index (χ0) is 15.1. The van der Waals surface area contributed by atoms with Crippen LogP contribution in [0.2, 0.25) is 0 Å². The maximum Gasteiger partial charge on any atom is 0.121 e. The maximum atomic E-state index is 10.5. The highest BCUT2D eigenvalue weighted by Crippen LogP contribution is 2.31. The van der Waals surface area contributed by atoms with E-state index < -0.39 is 0 Å². The van der Waals surface area contributed by atoms with Crippen molar-refractivity contribution in [3.05, 3.63) is 47.7 Å². The van der Waals surface area contributed by atoms with Gasteiger partial charge in [-0.1, -0.05) is 32.8 Å². The van der Waals surface area contributed by atoms with Crippen molar-refractivity contribution in [2.75, 3.05) is 0 Å². The molecule has 2 aromatic rings. The number of phenols is 1. The Hall–Kier alpha value is -1.83. The van der Waals surface area contributed by atoms with E-state index in [1.165, 1.54) is 0 Å². The molecular weight excluding hydrogens is 258 g/mol. The minimum absolute atomic E-state index is 0.497. The molecule has 2 heteroatoms. The van der Waals surface area contributed by atoms with Gasteiger partial charge in [0.25, 0.3) is 0 Å². The molecular formula is C19H25NO. The SMILES string of the molecule is CCCCc1cc(-c2ccccn2)cc(CCCC)c1O. The van der Waals surface area contributed by atoms with Crippen LogP contribution in [0.4, 0.5) is 0 Å². The lowest BCUT2D eigenvalue weighted by atomic mass is 9.95. The number of rotatable bonds is 7. The number of unbranched alkanes of at least 4 members (excludes halogenated alkanes) is 2. The fourth-order valence-corrected chi connectivity index (χ4v) is 2.56. The highest BCUT2D eigenvalue weighted by molar-refractivity contribution is 5.64. The third kappa shape index (κ3) is 4.07. The van der Waals surface area contributed by atoms with E-state index in [0.717, 1.165) is 60.9 Å². The van der Waals surface area contributed by atoms with Crippen LogP contribution in [0.3, 0.4) is 0 Å². The van der Waals surface area contributed by atoms with Crippen LogP contribution in [0.5, 0.6) is 5.75 Å². The molecule has 0 saturated heterocycles. The Morgan fingerprint density at radius 1 is 0.952 bits per heavy atom. The number of aromatic nitrogens is 1. The van der Waals surface area contributed by atoms with Gasteiger partial charge in [-0.3, -0.25) is 4.98 Å². The van der Waals surface area contributed by atoms with Gasteiger partial charge < -0.3 is 5.11 Å². The Morgan fingerprint density at radius 2 is 1.57 bits per heavy atom. The molecule has 0 bridgehead atoms. The molecule has 1 N–H and O–H groups in total. The molecule has 0 atom stereocenters. The zero-order valence-electron chi connectivity index (χ0n) is 13.1. The second-order valence-corrected chi connectivity index (χ2v) is 5.57. The number of nitrogens with zero attached hydrogens (tertiary/aromatic N) is 1. The van der Waals surface area contributed by atoms with Gasteiger partial charge in [-0.2, -0.15) is 0 Å². The average Bonchev–Trinajstić information content (AvgIpc) is 2.53. The van der Waals surface area contributed by atoms with Crippen LogP contribution in [0.15, 0.2) is 36.5 Å². The number of phenolic OH excluding ortho intramolecular Hbond substituents is 1. The van der Waals surface area contributed by atoms with Gasteiger partial charge in [0.15, 0.2) is 0 Å². The Bertz CT molecular complexity index is 534. The third-order valence-electron chi connectivity index (χ3n) is 3.83. The fourth-order valence-electron chi connectivity index (χ4n) is 2.56. The topological polar surface area (TPSA) is 33.1 Å². The first-order valence-corrected chi connectivity index (χ1v) is 8.02. The molecule has 2 nitrogen and oxygen atoms in total. The number of aromatic hydroxyl groups is 1. The second-order valence-electron chi connectivity index (χ2n) is 5.57. The zero-order valence-corrected chi connectivity index (χ0v) is 13.1. The van der Waals surface area contributed by atoms with Gasteiger partial charge in [0.1, 0.15) is 5.75 Å². The number of hydrogen-bond donors (Lipinski definition) is 1. The van der Waals surface area contributed by atoms with Crippen LogP contribution in [-0.4, -0.2) is 10.1 Å². The van der Waals surface area contributed by atoms with Crippen LogP contribution < -0.4 is 0 Å². The standard InChI is InChI=1S/C19H25NO/c1-3-5-9-15-13-17(18-11-7-8-12-20-18)14-16(19(15)21)10-6-4-2/h7-8,11-14,21H,3-6,9-10H2,1-2H3. The molecule has 1 aromatic carbocycles. The van der Waals surface area contributed by atoms with Gasteiger partial charge in [-0.15, -0.1) is 0 Å². The fraction of sp³-hybridized carbons (Fsp3) is 0.421. The summed E-state index contributed by atoms with van der Waals surface area (Å²) in [4.78, 5) is 4.44. The van der Waals surface area contributed by atoms with Crippen LogP contribution >= 0.6 is 0 Å². The van der Waals surface area contributed by atoms with Crippen molar-refractivity contribution in [2.24, 2.45) is 0 Å². The van der Waals surface area contributed by atoms with E-state index in [-0.39, 0.29) is 0 Å². The van der Waals surface area contributed by atoms with Crippen molar-refractivity contribution in [1.29, 1.82) is 0 Å².